The predicted octanol–water partition coefficient (Wildman–Crippen LogP) is 4.89. The molecule has 1 saturated carbocycles. The second kappa shape index (κ2) is 11.1. The minimum Gasteiger partial charge on any atom is -0.406 e. The number of rotatable bonds is 7. The van der Waals surface area contributed by atoms with Gasteiger partial charge in [0.25, 0.3) is 0 Å². The van der Waals surface area contributed by atoms with Crippen LogP contribution in [0.15, 0.2) is 64.4 Å². The van der Waals surface area contributed by atoms with Gasteiger partial charge in [-0.15, -0.1) is 24.9 Å². The van der Waals surface area contributed by atoms with Crippen LogP contribution < -0.4 is 10.5 Å². The molecule has 1 heterocycles. The quantitative estimate of drug-likeness (QED) is 0.490. The summed E-state index contributed by atoms with van der Waals surface area (Å²) in [4.78, 5) is 16.1. The van der Waals surface area contributed by atoms with Crippen molar-refractivity contribution in [1.29, 1.82) is 0 Å². The van der Waals surface area contributed by atoms with Crippen molar-refractivity contribution in [3.05, 3.63) is 60.2 Å². The second-order valence-electron chi connectivity index (χ2n) is 9.38. The Morgan fingerprint density at radius 2 is 1.86 bits per heavy atom. The fourth-order valence-electron chi connectivity index (χ4n) is 5.14. The van der Waals surface area contributed by atoms with E-state index < -0.39 is 16.2 Å². The number of thioether (sulfide) groups is 1. The van der Waals surface area contributed by atoms with E-state index in [1.165, 1.54) is 36.0 Å². The van der Waals surface area contributed by atoms with Crippen LogP contribution in [0, 0.1) is 5.92 Å². The van der Waals surface area contributed by atoms with Gasteiger partial charge >= 0.3 is 6.36 Å². The molecule has 4 rings (SSSR count). The third-order valence-corrected chi connectivity index (χ3v) is 9.48. The summed E-state index contributed by atoms with van der Waals surface area (Å²) in [5, 5.41) is 0. The van der Waals surface area contributed by atoms with Crippen LogP contribution in [0.4, 0.5) is 13.2 Å². The Balaban J connectivity index is 1.52. The lowest BCUT2D eigenvalue weighted by atomic mass is 9.81. The average molecular weight is 555 g/mol. The molecule has 0 spiro atoms. The molecule has 2 aliphatic rings. The second-order valence-corrected chi connectivity index (χ2v) is 12.3. The molecule has 3 atom stereocenters. The normalized spacial score (nSPS) is 23.1. The number of nitrogens with two attached hydrogens (primary N) is 1. The fraction of sp³-hybridized carbons (Fsp3) is 0.423. The van der Waals surface area contributed by atoms with Crippen molar-refractivity contribution in [2.45, 2.75) is 53.9 Å². The number of nitrogens with zero attached hydrogens (tertiary/aromatic N) is 1. The topological polar surface area (TPSA) is 89.7 Å². The van der Waals surface area contributed by atoms with Crippen molar-refractivity contribution >= 4 is 33.1 Å². The summed E-state index contributed by atoms with van der Waals surface area (Å²) in [6.07, 6.45) is 0.735. The van der Waals surface area contributed by atoms with Crippen LogP contribution in [-0.2, 0) is 14.6 Å². The van der Waals surface area contributed by atoms with Crippen molar-refractivity contribution < 1.29 is 31.1 Å². The molecule has 11 heteroatoms. The monoisotopic (exact) mass is 554 g/mol. The van der Waals surface area contributed by atoms with E-state index in [0.29, 0.717) is 43.4 Å². The summed E-state index contributed by atoms with van der Waals surface area (Å²) in [6.45, 7) is 0.341. The average Bonchev–Trinajstić information content (AvgIpc) is 2.83. The van der Waals surface area contributed by atoms with Gasteiger partial charge in [-0.1, -0.05) is 12.1 Å². The molecule has 0 unspecified atom stereocenters. The number of carbonyl (C=O) groups excluding carboxylic acids is 1. The Kier molecular flexibility index (Phi) is 8.25. The van der Waals surface area contributed by atoms with Gasteiger partial charge < -0.3 is 15.4 Å². The van der Waals surface area contributed by atoms with Crippen molar-refractivity contribution in [2.75, 3.05) is 18.6 Å². The molecule has 1 aliphatic carbocycles. The Morgan fingerprint density at radius 3 is 2.51 bits per heavy atom. The molecule has 0 saturated heterocycles. The van der Waals surface area contributed by atoms with E-state index in [9.17, 15) is 26.4 Å². The maximum atomic E-state index is 13.2. The molecule has 1 aliphatic heterocycles. The van der Waals surface area contributed by atoms with Crippen molar-refractivity contribution in [3.63, 3.8) is 0 Å². The third-order valence-electron chi connectivity index (χ3n) is 6.88. The van der Waals surface area contributed by atoms with E-state index in [4.69, 9.17) is 5.73 Å². The van der Waals surface area contributed by atoms with Crippen molar-refractivity contribution in [1.82, 2.24) is 4.90 Å². The van der Waals surface area contributed by atoms with Crippen LogP contribution in [0.5, 0.6) is 5.75 Å². The van der Waals surface area contributed by atoms with E-state index in [-0.39, 0.29) is 40.3 Å². The van der Waals surface area contributed by atoms with Gasteiger partial charge in [-0.2, -0.15) is 0 Å². The number of carbonyl (C=O) groups is 1. The Morgan fingerprint density at radius 1 is 1.14 bits per heavy atom. The number of halogens is 3. The first kappa shape index (κ1) is 27.5. The minimum absolute atomic E-state index is 0.110. The molecule has 1 fully saturated rings. The number of amides is 1. The van der Waals surface area contributed by atoms with Gasteiger partial charge in [0, 0.05) is 29.6 Å². The predicted molar refractivity (Wildman–Crippen MR) is 137 cm³/mol. The number of sulfone groups is 1. The molecule has 37 heavy (non-hydrogen) atoms. The molecular weight excluding hydrogens is 525 g/mol. The SMILES string of the molecule is CSc1ccc(S(=O)(=O)C[C@@H]2C[C@@H](N)CC[C@@H]2N2CCC(c3cccc(OC(F)(F)F)c3)=CC2=O)cc1. The molecule has 0 radical (unpaired) electrons. The van der Waals surface area contributed by atoms with Gasteiger partial charge in [0.05, 0.1) is 10.6 Å². The molecule has 6 nitrogen and oxygen atoms in total. The van der Waals surface area contributed by atoms with Gasteiger partial charge in [-0.05, 0) is 85.4 Å². The number of hydrogen-bond acceptors (Lipinski definition) is 6. The lowest BCUT2D eigenvalue weighted by molar-refractivity contribution is -0.274. The summed E-state index contributed by atoms with van der Waals surface area (Å²) in [7, 11) is -3.59. The highest BCUT2D eigenvalue weighted by Crippen LogP contribution is 2.35. The fourth-order valence-corrected chi connectivity index (χ4v) is 7.21. The standard InChI is InChI=1S/C26H29F3N2O4S2/c1-36-22-6-8-23(9-7-22)37(33,34)16-19-13-20(30)5-10-24(19)31-12-11-18(15-25(31)32)17-3-2-4-21(14-17)35-26(27,28)29/h2-4,6-9,14-15,19-20,24H,5,10-13,16,30H2,1H3/t19-,20-,24-/m0/s1. The third kappa shape index (κ3) is 6.88. The summed E-state index contributed by atoms with van der Waals surface area (Å²) in [6, 6.07) is 11.9. The van der Waals surface area contributed by atoms with Crippen LogP contribution in [0.25, 0.3) is 5.57 Å². The number of hydrogen-bond donors (Lipinski definition) is 1. The van der Waals surface area contributed by atoms with Crippen LogP contribution in [0.1, 0.15) is 31.2 Å². The zero-order chi connectivity index (χ0) is 26.8. The summed E-state index contributed by atoms with van der Waals surface area (Å²) in [5.74, 6) is -1.06. The number of alkyl halides is 3. The number of benzene rings is 2. The van der Waals surface area contributed by atoms with E-state index in [0.717, 1.165) is 4.90 Å². The Labute approximate surface area is 219 Å². The van der Waals surface area contributed by atoms with Gasteiger partial charge in [0.15, 0.2) is 9.84 Å². The van der Waals surface area contributed by atoms with E-state index in [1.54, 1.807) is 35.2 Å². The minimum atomic E-state index is -4.81. The first-order chi connectivity index (χ1) is 17.4. The molecule has 2 N–H and O–H groups in total. The maximum absolute atomic E-state index is 13.2. The van der Waals surface area contributed by atoms with Crippen LogP contribution >= 0.6 is 11.8 Å². The van der Waals surface area contributed by atoms with E-state index in [1.807, 2.05) is 6.26 Å². The molecule has 1 amide bonds. The highest BCUT2D eigenvalue weighted by atomic mass is 32.2. The highest BCUT2D eigenvalue weighted by molar-refractivity contribution is 7.98. The van der Waals surface area contributed by atoms with Crippen LogP contribution in [0.2, 0.25) is 0 Å². The lowest BCUT2D eigenvalue weighted by Crippen LogP contribution is -2.51. The van der Waals surface area contributed by atoms with Crippen molar-refractivity contribution in [2.24, 2.45) is 11.7 Å². The summed E-state index contributed by atoms with van der Waals surface area (Å²) in [5.41, 5.74) is 7.29. The van der Waals surface area contributed by atoms with E-state index >= 15 is 0 Å². The largest absolute Gasteiger partial charge is 0.573 e. The van der Waals surface area contributed by atoms with E-state index in [2.05, 4.69) is 4.74 Å². The van der Waals surface area contributed by atoms with Gasteiger partial charge in [-0.25, -0.2) is 8.42 Å². The summed E-state index contributed by atoms with van der Waals surface area (Å²) >= 11 is 1.53. The van der Waals surface area contributed by atoms with Gasteiger partial charge in [0.1, 0.15) is 5.75 Å². The van der Waals surface area contributed by atoms with Crippen molar-refractivity contribution in [3.8, 4) is 5.75 Å². The molecule has 200 valence electrons. The Hall–Kier alpha value is -2.50. The zero-order valence-corrected chi connectivity index (χ0v) is 21.9. The first-order valence-corrected chi connectivity index (χ1v) is 14.8. The van der Waals surface area contributed by atoms with Crippen LogP contribution in [-0.4, -0.2) is 56.2 Å². The van der Waals surface area contributed by atoms with Crippen LogP contribution in [0.3, 0.4) is 0 Å². The molecule has 2 aromatic carbocycles. The Bertz CT molecular complexity index is 1260. The molecule has 0 bridgehead atoms. The molecule has 2 aromatic rings. The lowest BCUT2D eigenvalue weighted by Gasteiger charge is -2.43. The maximum Gasteiger partial charge on any atom is 0.573 e. The summed E-state index contributed by atoms with van der Waals surface area (Å²) < 4.78 is 68.3. The first-order valence-electron chi connectivity index (χ1n) is 11.9. The van der Waals surface area contributed by atoms with Gasteiger partial charge in [-0.3, -0.25) is 4.79 Å². The zero-order valence-electron chi connectivity index (χ0n) is 20.3. The smallest absolute Gasteiger partial charge is 0.406 e. The molecule has 0 aromatic heterocycles. The number of ether oxygens (including phenoxy) is 1. The molecular formula is C26H29F3N2O4S2. The van der Waals surface area contributed by atoms with Gasteiger partial charge in [0.2, 0.25) is 5.91 Å². The highest BCUT2D eigenvalue weighted by Gasteiger charge is 2.39.